The summed E-state index contributed by atoms with van der Waals surface area (Å²) in [5.41, 5.74) is 4.91. The van der Waals surface area contributed by atoms with Crippen molar-refractivity contribution in [3.8, 4) is 22.8 Å². The van der Waals surface area contributed by atoms with E-state index >= 15 is 0 Å². The molecule has 0 saturated heterocycles. The summed E-state index contributed by atoms with van der Waals surface area (Å²) in [6.45, 7) is 0. The van der Waals surface area contributed by atoms with Crippen LogP contribution in [-0.2, 0) is 0 Å². The molecule has 0 radical (unpaired) electrons. The first-order chi connectivity index (χ1) is 20.6. The van der Waals surface area contributed by atoms with Crippen molar-refractivity contribution in [3.63, 3.8) is 0 Å². The Morgan fingerprint density at radius 2 is 1.62 bits per heavy atom. The van der Waals surface area contributed by atoms with Gasteiger partial charge in [0.15, 0.2) is 11.5 Å². The van der Waals surface area contributed by atoms with Crippen LogP contribution in [-0.4, -0.2) is 36.7 Å². The first-order valence-corrected chi connectivity index (χ1v) is 15.0. The fourth-order valence-corrected chi connectivity index (χ4v) is 6.88. The molecule has 1 atom stereocenters. The molecule has 8 nitrogen and oxygen atoms in total. The van der Waals surface area contributed by atoms with Crippen molar-refractivity contribution in [2.24, 2.45) is 5.10 Å². The van der Waals surface area contributed by atoms with Crippen molar-refractivity contribution >= 4 is 51.0 Å². The third-order valence-electron chi connectivity index (χ3n) is 7.39. The van der Waals surface area contributed by atoms with Gasteiger partial charge in [0.05, 0.1) is 53.4 Å². The maximum Gasteiger partial charge on any atom is 0.266 e. The molecule has 0 spiro atoms. The van der Waals surface area contributed by atoms with Gasteiger partial charge in [0.25, 0.3) is 11.8 Å². The van der Waals surface area contributed by atoms with E-state index in [1.807, 2.05) is 52.9 Å². The van der Waals surface area contributed by atoms with Gasteiger partial charge in [-0.05, 0) is 53.4 Å². The number of anilines is 2. The average molecular weight is 593 g/mol. The second-order valence-electron chi connectivity index (χ2n) is 9.76. The molecule has 4 heterocycles. The average Bonchev–Trinajstić information content (AvgIpc) is 3.84. The van der Waals surface area contributed by atoms with E-state index in [1.54, 1.807) is 55.9 Å². The summed E-state index contributed by atoms with van der Waals surface area (Å²) in [4.78, 5) is 33.5. The second-order valence-corrected chi connectivity index (χ2v) is 11.5. The van der Waals surface area contributed by atoms with E-state index in [2.05, 4.69) is 11.4 Å². The van der Waals surface area contributed by atoms with Crippen LogP contribution in [0, 0.1) is 0 Å². The first kappa shape index (κ1) is 26.1. The minimum atomic E-state index is -0.322. The molecule has 208 valence electrons. The zero-order valence-corrected chi connectivity index (χ0v) is 24.3. The highest BCUT2D eigenvalue weighted by Crippen LogP contribution is 2.42. The number of benzene rings is 3. The van der Waals surface area contributed by atoms with Gasteiger partial charge in [0.2, 0.25) is 5.13 Å². The molecule has 0 aliphatic carbocycles. The highest BCUT2D eigenvalue weighted by Gasteiger charge is 2.37. The van der Waals surface area contributed by atoms with Crippen LogP contribution in [0.25, 0.3) is 11.3 Å². The minimum Gasteiger partial charge on any atom is -0.493 e. The van der Waals surface area contributed by atoms with Crippen molar-refractivity contribution in [3.05, 3.63) is 111 Å². The normalized spacial score (nSPS) is 16.1. The number of hydrazone groups is 1. The Morgan fingerprint density at radius 3 is 2.33 bits per heavy atom. The van der Waals surface area contributed by atoms with Gasteiger partial charge < -0.3 is 9.47 Å². The highest BCUT2D eigenvalue weighted by atomic mass is 32.1. The van der Waals surface area contributed by atoms with Crippen molar-refractivity contribution in [1.29, 1.82) is 0 Å². The molecule has 42 heavy (non-hydrogen) atoms. The molecule has 2 aromatic heterocycles. The number of carbonyl (C=O) groups excluding carboxylic acids is 2. The zero-order valence-electron chi connectivity index (χ0n) is 22.7. The van der Waals surface area contributed by atoms with Gasteiger partial charge >= 0.3 is 0 Å². The van der Waals surface area contributed by atoms with E-state index in [-0.39, 0.29) is 17.9 Å². The number of rotatable bonds is 7. The maximum atomic E-state index is 13.1. The number of thiazole rings is 1. The molecule has 5 aromatic rings. The Hall–Kier alpha value is -4.80. The number of imide groups is 1. The zero-order chi connectivity index (χ0) is 28.8. The summed E-state index contributed by atoms with van der Waals surface area (Å²) < 4.78 is 11.0. The van der Waals surface area contributed by atoms with Gasteiger partial charge in [0.1, 0.15) is 0 Å². The van der Waals surface area contributed by atoms with Gasteiger partial charge in [0, 0.05) is 17.4 Å². The van der Waals surface area contributed by atoms with E-state index in [0.29, 0.717) is 34.7 Å². The van der Waals surface area contributed by atoms with Gasteiger partial charge in [-0.1, -0.05) is 36.4 Å². The first-order valence-electron chi connectivity index (χ1n) is 13.2. The van der Waals surface area contributed by atoms with Crippen LogP contribution in [0.2, 0.25) is 0 Å². The summed E-state index contributed by atoms with van der Waals surface area (Å²) >= 11 is 3.15. The molecule has 10 heteroatoms. The maximum absolute atomic E-state index is 13.1. The van der Waals surface area contributed by atoms with Crippen LogP contribution >= 0.6 is 22.7 Å². The Labute approximate surface area is 250 Å². The molecule has 2 aliphatic rings. The second kappa shape index (κ2) is 10.6. The number of nitrogens with zero attached hydrogens (tertiary/aromatic N) is 4. The van der Waals surface area contributed by atoms with Crippen molar-refractivity contribution in [2.45, 2.75) is 12.5 Å². The summed E-state index contributed by atoms with van der Waals surface area (Å²) in [5, 5.41) is 11.8. The quantitative estimate of drug-likeness (QED) is 0.189. The third kappa shape index (κ3) is 4.36. The van der Waals surface area contributed by atoms with Crippen LogP contribution in [0.1, 0.15) is 43.6 Å². The molecule has 2 amide bonds. The number of amides is 2. The lowest BCUT2D eigenvalue weighted by Gasteiger charge is -2.22. The smallest absolute Gasteiger partial charge is 0.266 e. The summed E-state index contributed by atoms with van der Waals surface area (Å²) in [6.07, 6.45) is 0.708. The van der Waals surface area contributed by atoms with Gasteiger partial charge in [-0.15, -0.1) is 22.7 Å². The van der Waals surface area contributed by atoms with Gasteiger partial charge in [-0.2, -0.15) is 5.10 Å². The summed E-state index contributed by atoms with van der Waals surface area (Å²) in [6, 6.07) is 24.2. The lowest BCUT2D eigenvalue weighted by Crippen LogP contribution is -2.29. The molecule has 3 aromatic carbocycles. The molecule has 2 aliphatic heterocycles. The van der Waals surface area contributed by atoms with Crippen molar-refractivity contribution in [1.82, 2.24) is 4.98 Å². The van der Waals surface area contributed by atoms with E-state index in [1.165, 1.54) is 16.2 Å². The third-order valence-corrected chi connectivity index (χ3v) is 9.14. The number of hydrogen-bond donors (Lipinski definition) is 0. The summed E-state index contributed by atoms with van der Waals surface area (Å²) in [5.74, 6) is 0.679. The molecule has 7 rings (SSSR count). The standard InChI is InChI=1S/C32H24N4O4S2/c1-39-27-13-12-20(16-28(27)40-2)26-17-24(29-11-6-14-41-29)34-36(26)32-33-25(18-42-32)19-7-5-8-21(15-19)35-30(37)22-9-3-4-10-23(22)31(35)38/h3-16,18,26H,17H2,1-2H3. The van der Waals surface area contributed by atoms with E-state index in [4.69, 9.17) is 19.6 Å². The van der Waals surface area contributed by atoms with E-state index < -0.39 is 0 Å². The Morgan fingerprint density at radius 1 is 0.833 bits per heavy atom. The highest BCUT2D eigenvalue weighted by molar-refractivity contribution is 7.14. The predicted molar refractivity (Wildman–Crippen MR) is 165 cm³/mol. The fourth-order valence-electron chi connectivity index (χ4n) is 5.33. The number of methoxy groups -OCH3 is 2. The predicted octanol–water partition coefficient (Wildman–Crippen LogP) is 7.05. The van der Waals surface area contributed by atoms with Crippen LogP contribution in [0.3, 0.4) is 0 Å². The Kier molecular flexibility index (Phi) is 6.56. The Bertz CT molecular complexity index is 1830. The lowest BCUT2D eigenvalue weighted by molar-refractivity contribution is 0.0926. The molecule has 1 unspecified atom stereocenters. The molecular formula is C32H24N4O4S2. The van der Waals surface area contributed by atoms with Crippen LogP contribution in [0.15, 0.2) is 94.7 Å². The van der Waals surface area contributed by atoms with Gasteiger partial charge in [-0.3, -0.25) is 9.59 Å². The molecule has 0 saturated carbocycles. The van der Waals surface area contributed by atoms with Crippen LogP contribution in [0.5, 0.6) is 11.5 Å². The lowest BCUT2D eigenvalue weighted by atomic mass is 10.0. The topological polar surface area (TPSA) is 84.3 Å². The number of aromatic nitrogens is 1. The minimum absolute atomic E-state index is 0.0920. The number of fused-ring (bicyclic) bond motifs is 1. The monoisotopic (exact) mass is 592 g/mol. The van der Waals surface area contributed by atoms with Crippen molar-refractivity contribution in [2.75, 3.05) is 24.1 Å². The van der Waals surface area contributed by atoms with E-state index in [0.717, 1.165) is 32.5 Å². The van der Waals surface area contributed by atoms with Crippen LogP contribution in [0.4, 0.5) is 10.8 Å². The Balaban J connectivity index is 1.23. The number of thiophene rings is 1. The number of carbonyl (C=O) groups is 2. The molecule has 0 fully saturated rings. The summed E-state index contributed by atoms with van der Waals surface area (Å²) in [7, 11) is 3.25. The number of hydrogen-bond acceptors (Lipinski definition) is 9. The fraction of sp³-hybridized carbons (Fsp3) is 0.125. The number of ether oxygens (including phenoxy) is 2. The van der Waals surface area contributed by atoms with Gasteiger partial charge in [-0.25, -0.2) is 14.9 Å². The molecular weight excluding hydrogens is 569 g/mol. The van der Waals surface area contributed by atoms with Crippen molar-refractivity contribution < 1.29 is 19.1 Å². The SMILES string of the molecule is COc1ccc(C2CC(c3cccs3)=NN2c2nc(-c3cccc(N4C(=O)c5ccccc5C4=O)c3)cs2)cc1OC. The largest absolute Gasteiger partial charge is 0.493 e. The van der Waals surface area contributed by atoms with E-state index in [9.17, 15) is 9.59 Å². The van der Waals surface area contributed by atoms with Crippen LogP contribution < -0.4 is 19.4 Å². The molecule has 0 bridgehead atoms. The molecule has 0 N–H and O–H groups in total.